The highest BCUT2D eigenvalue weighted by molar-refractivity contribution is 5.90. The number of hydrogen-bond donors (Lipinski definition) is 0. The second-order valence-corrected chi connectivity index (χ2v) is 10.6. The zero-order valence-electron chi connectivity index (χ0n) is 22.1. The van der Waals surface area contributed by atoms with Crippen LogP contribution >= 0.6 is 0 Å². The van der Waals surface area contributed by atoms with E-state index in [1.807, 2.05) is 36.3 Å². The lowest BCUT2D eigenvalue weighted by Crippen LogP contribution is -2.34. The van der Waals surface area contributed by atoms with E-state index < -0.39 is 0 Å². The summed E-state index contributed by atoms with van der Waals surface area (Å²) in [6.07, 6.45) is 9.13. The van der Waals surface area contributed by atoms with Gasteiger partial charge >= 0.3 is 0 Å². The molecule has 0 saturated carbocycles. The Hall–Kier alpha value is -4.16. The highest BCUT2D eigenvalue weighted by Gasteiger charge is 2.25. The number of aromatic nitrogens is 3. The first-order valence-electron chi connectivity index (χ1n) is 13.7. The van der Waals surface area contributed by atoms with E-state index in [1.165, 1.54) is 33.9 Å². The van der Waals surface area contributed by atoms with E-state index in [-0.39, 0.29) is 5.82 Å². The highest BCUT2D eigenvalue weighted by Crippen LogP contribution is 2.38. The Labute approximate surface area is 227 Å². The number of likely N-dealkylation sites (tertiary alicyclic amines) is 1. The van der Waals surface area contributed by atoms with Crippen molar-refractivity contribution >= 4 is 21.7 Å². The third kappa shape index (κ3) is 4.45. The molecule has 0 atom stereocenters. The molecular formula is C33H31FN4O. The SMILES string of the molecule is Cn1nccc1-c1ccc2c(c1)c(C1CCN(CCc3occ4ccccc34)CC1)cn2-c1ccc(F)cc1. The van der Waals surface area contributed by atoms with E-state index in [9.17, 15) is 4.39 Å². The molecule has 1 aliphatic rings. The van der Waals surface area contributed by atoms with Gasteiger partial charge in [0.1, 0.15) is 11.6 Å². The van der Waals surface area contributed by atoms with Crippen molar-refractivity contribution < 1.29 is 8.81 Å². The van der Waals surface area contributed by atoms with Crippen LogP contribution in [-0.4, -0.2) is 38.9 Å². The summed E-state index contributed by atoms with van der Waals surface area (Å²) >= 11 is 0. The van der Waals surface area contributed by atoms with Crippen molar-refractivity contribution in [3.63, 3.8) is 0 Å². The first-order valence-corrected chi connectivity index (χ1v) is 13.7. The van der Waals surface area contributed by atoms with Gasteiger partial charge in [-0.05, 0) is 79.9 Å². The van der Waals surface area contributed by atoms with Crippen molar-refractivity contribution in [2.24, 2.45) is 7.05 Å². The molecule has 0 spiro atoms. The minimum absolute atomic E-state index is 0.219. The topological polar surface area (TPSA) is 39.1 Å². The number of fused-ring (bicyclic) bond motifs is 2. The standard InChI is InChI=1S/C33H31FN4O/c1-36-31(12-16-35-36)24-6-11-32-29(20-24)30(21-38(32)27-9-7-26(34)8-10-27)23-13-17-37(18-14-23)19-15-33-28-5-3-2-4-25(28)22-39-33/h2-12,16,20-23H,13-15,17-19H2,1H3. The van der Waals surface area contributed by atoms with E-state index in [0.717, 1.165) is 67.1 Å². The second-order valence-electron chi connectivity index (χ2n) is 10.6. The largest absolute Gasteiger partial charge is 0.468 e. The molecule has 0 aliphatic carbocycles. The predicted octanol–water partition coefficient (Wildman–Crippen LogP) is 7.34. The fourth-order valence-corrected chi connectivity index (χ4v) is 6.19. The smallest absolute Gasteiger partial charge is 0.123 e. The van der Waals surface area contributed by atoms with Gasteiger partial charge in [-0.15, -0.1) is 0 Å². The van der Waals surface area contributed by atoms with Crippen LogP contribution in [0.3, 0.4) is 0 Å². The highest BCUT2D eigenvalue weighted by atomic mass is 19.1. The maximum Gasteiger partial charge on any atom is 0.123 e. The van der Waals surface area contributed by atoms with E-state index in [0.29, 0.717) is 5.92 Å². The van der Waals surface area contributed by atoms with E-state index in [4.69, 9.17) is 4.42 Å². The number of nitrogens with zero attached hydrogens (tertiary/aromatic N) is 4. The molecule has 3 aromatic carbocycles. The Morgan fingerprint density at radius 3 is 2.56 bits per heavy atom. The maximum atomic E-state index is 13.7. The molecule has 0 N–H and O–H groups in total. The molecule has 0 amide bonds. The van der Waals surface area contributed by atoms with Crippen LogP contribution in [-0.2, 0) is 13.5 Å². The first-order chi connectivity index (χ1) is 19.1. The molecule has 1 fully saturated rings. The molecule has 0 unspecified atom stereocenters. The molecule has 0 radical (unpaired) electrons. The third-order valence-electron chi connectivity index (χ3n) is 8.33. The summed E-state index contributed by atoms with van der Waals surface area (Å²) in [5.41, 5.74) is 5.75. The Bertz CT molecular complexity index is 1750. The van der Waals surface area contributed by atoms with Crippen molar-refractivity contribution in [2.75, 3.05) is 19.6 Å². The van der Waals surface area contributed by atoms with Gasteiger partial charge in [-0.3, -0.25) is 4.68 Å². The van der Waals surface area contributed by atoms with Crippen molar-refractivity contribution in [1.29, 1.82) is 0 Å². The van der Waals surface area contributed by atoms with Gasteiger partial charge < -0.3 is 13.9 Å². The molecule has 1 saturated heterocycles. The summed E-state index contributed by atoms with van der Waals surface area (Å²) in [5, 5.41) is 8.04. The van der Waals surface area contributed by atoms with Crippen LogP contribution < -0.4 is 0 Å². The van der Waals surface area contributed by atoms with Gasteiger partial charge in [0.2, 0.25) is 0 Å². The second kappa shape index (κ2) is 9.86. The molecule has 39 heavy (non-hydrogen) atoms. The summed E-state index contributed by atoms with van der Waals surface area (Å²) < 4.78 is 23.7. The van der Waals surface area contributed by atoms with Crippen molar-refractivity contribution in [3.05, 3.63) is 109 Å². The van der Waals surface area contributed by atoms with Crippen LogP contribution in [0.25, 0.3) is 38.6 Å². The quantitative estimate of drug-likeness (QED) is 0.232. The van der Waals surface area contributed by atoms with Crippen LogP contribution in [0.4, 0.5) is 4.39 Å². The monoisotopic (exact) mass is 518 g/mol. The van der Waals surface area contributed by atoms with Crippen LogP contribution in [0.15, 0.2) is 95.9 Å². The zero-order chi connectivity index (χ0) is 26.3. The number of rotatable bonds is 6. The lowest BCUT2D eigenvalue weighted by Gasteiger charge is -2.31. The Kier molecular flexibility index (Phi) is 6.05. The van der Waals surface area contributed by atoms with Gasteiger partial charge in [-0.2, -0.15) is 5.10 Å². The number of aryl methyl sites for hydroxylation is 1. The lowest BCUT2D eigenvalue weighted by atomic mass is 9.88. The van der Waals surface area contributed by atoms with Crippen LogP contribution in [0.1, 0.15) is 30.1 Å². The summed E-state index contributed by atoms with van der Waals surface area (Å²) in [4.78, 5) is 2.56. The number of piperidine rings is 1. The fraction of sp³-hybridized carbons (Fsp3) is 0.242. The Morgan fingerprint density at radius 2 is 1.77 bits per heavy atom. The minimum atomic E-state index is -0.219. The van der Waals surface area contributed by atoms with Gasteiger partial charge in [0.05, 0.1) is 17.5 Å². The molecule has 6 aromatic rings. The zero-order valence-corrected chi connectivity index (χ0v) is 22.1. The molecule has 6 heteroatoms. The molecule has 3 aromatic heterocycles. The molecule has 4 heterocycles. The third-order valence-corrected chi connectivity index (χ3v) is 8.33. The van der Waals surface area contributed by atoms with Gasteiger partial charge in [0, 0.05) is 59.8 Å². The van der Waals surface area contributed by atoms with Gasteiger partial charge in [-0.25, -0.2) is 4.39 Å². The van der Waals surface area contributed by atoms with Crippen LogP contribution in [0.5, 0.6) is 0 Å². The summed E-state index contributed by atoms with van der Waals surface area (Å²) in [5.74, 6) is 1.33. The number of hydrogen-bond acceptors (Lipinski definition) is 3. The average Bonchev–Trinajstić information content (AvgIpc) is 3.69. The first kappa shape index (κ1) is 23.9. The van der Waals surface area contributed by atoms with Crippen molar-refractivity contribution in [1.82, 2.24) is 19.2 Å². The van der Waals surface area contributed by atoms with Gasteiger partial charge in [0.15, 0.2) is 0 Å². The predicted molar refractivity (Wildman–Crippen MR) is 154 cm³/mol. The number of halogens is 1. The molecule has 196 valence electrons. The van der Waals surface area contributed by atoms with E-state index in [1.54, 1.807) is 0 Å². The fourth-order valence-electron chi connectivity index (χ4n) is 6.19. The summed E-state index contributed by atoms with van der Waals surface area (Å²) in [6.45, 7) is 3.13. The van der Waals surface area contributed by atoms with Crippen LogP contribution in [0.2, 0.25) is 0 Å². The van der Waals surface area contributed by atoms with Crippen molar-refractivity contribution in [3.8, 4) is 16.9 Å². The van der Waals surface area contributed by atoms with Crippen LogP contribution in [0, 0.1) is 5.82 Å². The van der Waals surface area contributed by atoms with Gasteiger partial charge in [0.25, 0.3) is 0 Å². The van der Waals surface area contributed by atoms with Crippen molar-refractivity contribution in [2.45, 2.75) is 25.2 Å². The molecular weight excluding hydrogens is 487 g/mol. The average molecular weight is 519 g/mol. The maximum absolute atomic E-state index is 13.7. The Morgan fingerprint density at radius 1 is 0.949 bits per heavy atom. The number of benzene rings is 3. The lowest BCUT2D eigenvalue weighted by molar-refractivity contribution is 0.211. The van der Waals surface area contributed by atoms with E-state index >= 15 is 0 Å². The summed E-state index contributed by atoms with van der Waals surface area (Å²) in [6, 6.07) is 23.9. The normalized spacial score (nSPS) is 15.0. The molecule has 5 nitrogen and oxygen atoms in total. The summed E-state index contributed by atoms with van der Waals surface area (Å²) in [7, 11) is 1.98. The number of furan rings is 1. The van der Waals surface area contributed by atoms with Gasteiger partial charge in [-0.1, -0.05) is 30.3 Å². The minimum Gasteiger partial charge on any atom is -0.468 e. The molecule has 0 bridgehead atoms. The Balaban J connectivity index is 1.15. The molecule has 1 aliphatic heterocycles. The molecule has 7 rings (SSSR count). The van der Waals surface area contributed by atoms with E-state index in [2.05, 4.69) is 69.3 Å².